The van der Waals surface area contributed by atoms with E-state index >= 15 is 0 Å². The monoisotopic (exact) mass is 452 g/mol. The lowest BCUT2D eigenvalue weighted by molar-refractivity contribution is -0.165. The molecule has 0 spiro atoms. The minimum Gasteiger partial charge on any atom is -0.497 e. The number of nitrogens with zero attached hydrogens (tertiary/aromatic N) is 1. The van der Waals surface area contributed by atoms with E-state index in [1.165, 1.54) is 17.9 Å². The number of halogens is 2. The average Bonchev–Trinajstić information content (AvgIpc) is 2.80. The summed E-state index contributed by atoms with van der Waals surface area (Å²) in [4.78, 5) is 25.9. The van der Waals surface area contributed by atoms with Crippen LogP contribution < -0.4 is 14.8 Å². The van der Waals surface area contributed by atoms with Crippen LogP contribution in [-0.2, 0) is 16.1 Å². The van der Waals surface area contributed by atoms with E-state index < -0.39 is 23.8 Å². The van der Waals surface area contributed by atoms with Crippen molar-refractivity contribution in [1.29, 1.82) is 0 Å². The van der Waals surface area contributed by atoms with Crippen molar-refractivity contribution < 1.29 is 27.8 Å². The van der Waals surface area contributed by atoms with E-state index in [2.05, 4.69) is 5.32 Å². The Balaban J connectivity index is 1.61. The zero-order valence-corrected chi connectivity index (χ0v) is 18.0. The SMILES string of the molecule is COc1ccc(O[C@@H]2C(=O)N(Cc3cccc(NC(C)=O)c3)[C@@H]2c2ccc(F)c(F)c2)cc1. The molecule has 1 heterocycles. The molecule has 6 nitrogen and oxygen atoms in total. The van der Waals surface area contributed by atoms with Crippen molar-refractivity contribution in [2.24, 2.45) is 0 Å². The van der Waals surface area contributed by atoms with Crippen LogP contribution in [0.4, 0.5) is 14.5 Å². The Morgan fingerprint density at radius 2 is 1.73 bits per heavy atom. The summed E-state index contributed by atoms with van der Waals surface area (Å²) in [6, 6.07) is 16.8. The van der Waals surface area contributed by atoms with Gasteiger partial charge in [-0.2, -0.15) is 0 Å². The molecule has 33 heavy (non-hydrogen) atoms. The van der Waals surface area contributed by atoms with Gasteiger partial charge in [0.2, 0.25) is 12.0 Å². The molecular formula is C25H22F2N2O4. The highest BCUT2D eigenvalue weighted by molar-refractivity contribution is 5.90. The first-order chi connectivity index (χ1) is 15.9. The molecule has 3 aromatic carbocycles. The molecule has 0 unspecified atom stereocenters. The van der Waals surface area contributed by atoms with Crippen molar-refractivity contribution in [3.8, 4) is 11.5 Å². The van der Waals surface area contributed by atoms with Crippen LogP contribution in [0, 0.1) is 11.6 Å². The van der Waals surface area contributed by atoms with Crippen LogP contribution in [0.2, 0.25) is 0 Å². The van der Waals surface area contributed by atoms with E-state index in [4.69, 9.17) is 9.47 Å². The van der Waals surface area contributed by atoms with Gasteiger partial charge in [0.25, 0.3) is 5.91 Å². The largest absolute Gasteiger partial charge is 0.497 e. The minimum atomic E-state index is -0.998. The zero-order valence-electron chi connectivity index (χ0n) is 18.0. The predicted octanol–water partition coefficient (Wildman–Crippen LogP) is 4.46. The van der Waals surface area contributed by atoms with Gasteiger partial charge in [0.1, 0.15) is 17.5 Å². The quantitative estimate of drug-likeness (QED) is 0.538. The van der Waals surface area contributed by atoms with Gasteiger partial charge in [0, 0.05) is 19.2 Å². The van der Waals surface area contributed by atoms with Gasteiger partial charge < -0.3 is 19.7 Å². The van der Waals surface area contributed by atoms with Crippen molar-refractivity contribution in [2.45, 2.75) is 25.6 Å². The number of anilines is 1. The van der Waals surface area contributed by atoms with Gasteiger partial charge in [-0.15, -0.1) is 0 Å². The molecule has 1 fully saturated rings. The molecule has 0 saturated carbocycles. The van der Waals surface area contributed by atoms with Crippen LogP contribution >= 0.6 is 0 Å². The molecular weight excluding hydrogens is 430 g/mol. The summed E-state index contributed by atoms with van der Waals surface area (Å²) in [7, 11) is 1.54. The number of rotatable bonds is 7. The number of likely N-dealkylation sites (tertiary alicyclic amines) is 1. The van der Waals surface area contributed by atoms with Crippen molar-refractivity contribution in [3.63, 3.8) is 0 Å². The topological polar surface area (TPSA) is 67.9 Å². The molecule has 0 bridgehead atoms. The lowest BCUT2D eigenvalue weighted by Gasteiger charge is -2.47. The number of β-lactam (4-membered cyclic amide) rings is 1. The van der Waals surface area contributed by atoms with Gasteiger partial charge in [-0.1, -0.05) is 18.2 Å². The Hall–Kier alpha value is -3.94. The summed E-state index contributed by atoms with van der Waals surface area (Å²) in [5, 5.41) is 2.70. The number of carbonyl (C=O) groups excluding carboxylic acids is 2. The summed E-state index contributed by atoms with van der Waals surface area (Å²) in [6.45, 7) is 1.62. The van der Waals surface area contributed by atoms with Gasteiger partial charge in [0.15, 0.2) is 11.6 Å². The van der Waals surface area contributed by atoms with E-state index in [1.54, 1.807) is 49.6 Å². The molecule has 1 saturated heterocycles. The maximum atomic E-state index is 14.0. The lowest BCUT2D eigenvalue weighted by Crippen LogP contribution is -2.60. The maximum Gasteiger partial charge on any atom is 0.267 e. The van der Waals surface area contributed by atoms with Crippen molar-refractivity contribution in [1.82, 2.24) is 4.90 Å². The molecule has 1 N–H and O–H groups in total. The Labute approximate surface area is 189 Å². The first kappa shape index (κ1) is 22.3. The number of methoxy groups -OCH3 is 1. The van der Waals surface area contributed by atoms with Gasteiger partial charge in [0.05, 0.1) is 7.11 Å². The van der Waals surface area contributed by atoms with Crippen molar-refractivity contribution in [3.05, 3.63) is 89.5 Å². The summed E-state index contributed by atoms with van der Waals surface area (Å²) < 4.78 is 38.6. The Morgan fingerprint density at radius 1 is 1.00 bits per heavy atom. The fourth-order valence-electron chi connectivity index (χ4n) is 3.81. The lowest BCUT2D eigenvalue weighted by atomic mass is 9.89. The number of amides is 2. The smallest absolute Gasteiger partial charge is 0.267 e. The van der Waals surface area contributed by atoms with Gasteiger partial charge >= 0.3 is 0 Å². The molecule has 170 valence electrons. The van der Waals surface area contributed by atoms with Crippen LogP contribution in [0.1, 0.15) is 24.1 Å². The Kier molecular flexibility index (Phi) is 6.26. The summed E-state index contributed by atoms with van der Waals surface area (Å²) >= 11 is 0. The second-order valence-electron chi connectivity index (χ2n) is 7.68. The second-order valence-corrected chi connectivity index (χ2v) is 7.68. The maximum absolute atomic E-state index is 14.0. The number of benzene rings is 3. The molecule has 8 heteroatoms. The van der Waals surface area contributed by atoms with E-state index in [-0.39, 0.29) is 18.4 Å². The predicted molar refractivity (Wildman–Crippen MR) is 118 cm³/mol. The molecule has 2 atom stereocenters. The highest BCUT2D eigenvalue weighted by atomic mass is 19.2. The van der Waals surface area contributed by atoms with E-state index in [0.717, 1.165) is 17.7 Å². The van der Waals surface area contributed by atoms with E-state index in [0.29, 0.717) is 22.7 Å². The number of ether oxygens (including phenoxy) is 2. The highest BCUT2D eigenvalue weighted by Gasteiger charge is 2.50. The normalized spacial score (nSPS) is 17.3. The summed E-state index contributed by atoms with van der Waals surface area (Å²) in [5.41, 5.74) is 1.79. The van der Waals surface area contributed by atoms with Crippen LogP contribution in [0.15, 0.2) is 66.7 Å². The van der Waals surface area contributed by atoms with Gasteiger partial charge in [-0.05, 0) is 59.7 Å². The van der Waals surface area contributed by atoms with E-state index in [9.17, 15) is 18.4 Å². The highest BCUT2D eigenvalue weighted by Crippen LogP contribution is 2.39. The summed E-state index contributed by atoms with van der Waals surface area (Å²) in [5.74, 6) is -1.37. The molecule has 0 aromatic heterocycles. The molecule has 2 amide bonds. The first-order valence-corrected chi connectivity index (χ1v) is 10.3. The number of hydrogen-bond donors (Lipinski definition) is 1. The van der Waals surface area contributed by atoms with Crippen LogP contribution in [-0.4, -0.2) is 29.9 Å². The van der Waals surface area contributed by atoms with E-state index in [1.807, 2.05) is 6.07 Å². The Bertz CT molecular complexity index is 1180. The third-order valence-corrected chi connectivity index (χ3v) is 5.36. The number of nitrogens with one attached hydrogen (secondary N) is 1. The average molecular weight is 452 g/mol. The van der Waals surface area contributed by atoms with Crippen molar-refractivity contribution in [2.75, 3.05) is 12.4 Å². The summed E-state index contributed by atoms with van der Waals surface area (Å²) in [6.07, 6.45) is -0.901. The van der Waals surface area contributed by atoms with Crippen LogP contribution in [0.25, 0.3) is 0 Å². The molecule has 1 aliphatic heterocycles. The first-order valence-electron chi connectivity index (χ1n) is 10.3. The third-order valence-electron chi connectivity index (χ3n) is 5.36. The minimum absolute atomic E-state index is 0.207. The zero-order chi connectivity index (χ0) is 23.5. The number of hydrogen-bond acceptors (Lipinski definition) is 4. The molecule has 3 aromatic rings. The fourth-order valence-corrected chi connectivity index (χ4v) is 3.81. The number of carbonyl (C=O) groups is 2. The standard InChI is InChI=1S/C25H22F2N2O4/c1-15(30)28-18-5-3-4-16(12-18)14-29-23(17-6-11-21(26)22(27)13-17)24(25(29)31)33-20-9-7-19(32-2)8-10-20/h3-13,23-24H,14H2,1-2H3,(H,28,30)/t23-,24+/m1/s1. The molecule has 1 aliphatic rings. The molecule has 4 rings (SSSR count). The Morgan fingerprint density at radius 3 is 2.39 bits per heavy atom. The second kappa shape index (κ2) is 9.28. The van der Waals surface area contributed by atoms with Crippen LogP contribution in [0.5, 0.6) is 11.5 Å². The van der Waals surface area contributed by atoms with Crippen molar-refractivity contribution >= 4 is 17.5 Å². The van der Waals surface area contributed by atoms with Gasteiger partial charge in [-0.25, -0.2) is 8.78 Å². The van der Waals surface area contributed by atoms with Crippen LogP contribution in [0.3, 0.4) is 0 Å². The third kappa shape index (κ3) is 4.79. The molecule has 0 radical (unpaired) electrons. The molecule has 0 aliphatic carbocycles. The fraction of sp³-hybridized carbons (Fsp3) is 0.200. The van der Waals surface area contributed by atoms with Gasteiger partial charge in [-0.3, -0.25) is 9.59 Å².